The molecule has 2 heteroatoms. The van der Waals surface area contributed by atoms with Gasteiger partial charge in [-0.25, -0.2) is 0 Å². The summed E-state index contributed by atoms with van der Waals surface area (Å²) in [5.74, 6) is 0. The summed E-state index contributed by atoms with van der Waals surface area (Å²) in [5.41, 5.74) is 5.44. The third-order valence-corrected chi connectivity index (χ3v) is 4.35. The van der Waals surface area contributed by atoms with Crippen LogP contribution in [-0.2, 0) is 17.8 Å². The van der Waals surface area contributed by atoms with Crippen LogP contribution in [0.5, 0.6) is 0 Å². The molecule has 0 saturated heterocycles. The zero-order chi connectivity index (χ0) is 20.3. The summed E-state index contributed by atoms with van der Waals surface area (Å²) in [5, 5.41) is 3.49. The van der Waals surface area contributed by atoms with Crippen LogP contribution in [0.4, 0.5) is 0 Å². The minimum atomic E-state index is 0.969. The van der Waals surface area contributed by atoms with E-state index in [0.717, 1.165) is 13.1 Å². The Hall–Kier alpha value is -1.93. The Morgan fingerprint density at radius 2 is 1.19 bits per heavy atom. The SMILES string of the molecule is C=O.CC.CCCCCc1ccc(-c2ccc(CNCCCC)cc2)cc1. The lowest BCUT2D eigenvalue weighted by atomic mass is 10.0. The van der Waals surface area contributed by atoms with E-state index in [1.54, 1.807) is 0 Å². The minimum Gasteiger partial charge on any atom is -0.313 e. The molecule has 0 aliphatic heterocycles. The third-order valence-electron chi connectivity index (χ3n) is 4.35. The molecule has 0 aromatic heterocycles. The van der Waals surface area contributed by atoms with E-state index in [2.05, 4.69) is 67.7 Å². The normalized spacial score (nSPS) is 9.63. The number of hydrogen-bond acceptors (Lipinski definition) is 2. The monoisotopic (exact) mass is 369 g/mol. The van der Waals surface area contributed by atoms with Crippen molar-refractivity contribution in [2.24, 2.45) is 0 Å². The van der Waals surface area contributed by atoms with Gasteiger partial charge in [-0.3, -0.25) is 0 Å². The van der Waals surface area contributed by atoms with Crippen LogP contribution in [0, 0.1) is 0 Å². The van der Waals surface area contributed by atoms with E-state index in [1.165, 1.54) is 60.8 Å². The molecule has 2 aromatic carbocycles. The second-order valence-electron chi connectivity index (χ2n) is 6.38. The molecule has 0 aliphatic carbocycles. The first-order chi connectivity index (χ1) is 13.3. The standard InChI is InChI=1S/C22H31N.C2H6.CH2O/c1-3-5-7-8-19-9-13-21(14-10-19)22-15-11-20(12-16-22)18-23-17-6-4-2;2*1-2/h9-16,23H,3-8,17-18H2,1-2H3;1-2H3;1H2. The summed E-state index contributed by atoms with van der Waals surface area (Å²) in [4.78, 5) is 8.00. The summed E-state index contributed by atoms with van der Waals surface area (Å²) < 4.78 is 0. The summed E-state index contributed by atoms with van der Waals surface area (Å²) in [7, 11) is 0. The van der Waals surface area contributed by atoms with E-state index in [0.29, 0.717) is 0 Å². The number of rotatable bonds is 10. The molecule has 2 nitrogen and oxygen atoms in total. The predicted molar refractivity (Wildman–Crippen MR) is 120 cm³/mol. The van der Waals surface area contributed by atoms with Crippen LogP contribution in [-0.4, -0.2) is 13.3 Å². The molecule has 0 bridgehead atoms. The molecule has 0 atom stereocenters. The van der Waals surface area contributed by atoms with Crippen molar-refractivity contribution in [3.63, 3.8) is 0 Å². The van der Waals surface area contributed by atoms with Crippen molar-refractivity contribution in [1.82, 2.24) is 5.32 Å². The van der Waals surface area contributed by atoms with Gasteiger partial charge in [0.05, 0.1) is 0 Å². The Morgan fingerprint density at radius 1 is 0.704 bits per heavy atom. The van der Waals surface area contributed by atoms with Crippen LogP contribution in [0.25, 0.3) is 11.1 Å². The van der Waals surface area contributed by atoms with Crippen LogP contribution >= 0.6 is 0 Å². The van der Waals surface area contributed by atoms with Crippen LogP contribution in [0.1, 0.15) is 70.9 Å². The van der Waals surface area contributed by atoms with Crippen LogP contribution in [0.2, 0.25) is 0 Å². The first-order valence-corrected chi connectivity index (χ1v) is 10.5. The molecule has 0 heterocycles. The van der Waals surface area contributed by atoms with Crippen molar-refractivity contribution < 1.29 is 4.79 Å². The van der Waals surface area contributed by atoms with Crippen molar-refractivity contribution in [3.05, 3.63) is 59.7 Å². The summed E-state index contributed by atoms with van der Waals surface area (Å²) in [6.07, 6.45) is 7.63. The van der Waals surface area contributed by atoms with E-state index in [1.807, 2.05) is 20.6 Å². The van der Waals surface area contributed by atoms with Gasteiger partial charge < -0.3 is 10.1 Å². The molecular formula is C25H39NO. The zero-order valence-corrected chi connectivity index (χ0v) is 17.9. The van der Waals surface area contributed by atoms with Gasteiger partial charge in [-0.15, -0.1) is 0 Å². The minimum absolute atomic E-state index is 0.969. The fraction of sp³-hybridized carbons (Fsp3) is 0.480. The third kappa shape index (κ3) is 10.7. The number of unbranched alkanes of at least 4 members (excludes halogenated alkanes) is 3. The van der Waals surface area contributed by atoms with Gasteiger partial charge in [-0.1, -0.05) is 95.5 Å². The molecule has 1 N–H and O–H groups in total. The Morgan fingerprint density at radius 3 is 1.67 bits per heavy atom. The fourth-order valence-electron chi connectivity index (χ4n) is 2.79. The molecule has 2 rings (SSSR count). The van der Waals surface area contributed by atoms with Crippen LogP contribution in [0.3, 0.4) is 0 Å². The molecule has 27 heavy (non-hydrogen) atoms. The van der Waals surface area contributed by atoms with E-state index in [4.69, 9.17) is 4.79 Å². The van der Waals surface area contributed by atoms with E-state index >= 15 is 0 Å². The molecule has 0 aliphatic rings. The van der Waals surface area contributed by atoms with Gasteiger partial charge >= 0.3 is 0 Å². The quantitative estimate of drug-likeness (QED) is 0.466. The number of carbonyl (C=O) groups excluding carboxylic acids is 1. The lowest BCUT2D eigenvalue weighted by Crippen LogP contribution is -2.14. The van der Waals surface area contributed by atoms with Crippen molar-refractivity contribution in [2.45, 2.75) is 72.8 Å². The molecule has 0 fully saturated rings. The summed E-state index contributed by atoms with van der Waals surface area (Å²) >= 11 is 0. The molecule has 0 spiro atoms. The first-order valence-electron chi connectivity index (χ1n) is 10.5. The average Bonchev–Trinajstić information content (AvgIpc) is 2.75. The number of aryl methyl sites for hydroxylation is 1. The number of hydrogen-bond donors (Lipinski definition) is 1. The Kier molecular flexibility index (Phi) is 16.2. The Bertz CT molecular complexity index is 560. The lowest BCUT2D eigenvalue weighted by molar-refractivity contribution is -0.0979. The molecular weight excluding hydrogens is 330 g/mol. The van der Waals surface area contributed by atoms with Gasteiger partial charge in [0.1, 0.15) is 6.79 Å². The highest BCUT2D eigenvalue weighted by Gasteiger charge is 2.00. The summed E-state index contributed by atoms with van der Waals surface area (Å²) in [6.45, 7) is 12.6. The number of benzene rings is 2. The summed E-state index contributed by atoms with van der Waals surface area (Å²) in [6, 6.07) is 18.0. The maximum absolute atomic E-state index is 8.00. The molecule has 0 unspecified atom stereocenters. The maximum Gasteiger partial charge on any atom is 0.106 e. The predicted octanol–water partition coefficient (Wildman–Crippen LogP) is 6.82. The lowest BCUT2D eigenvalue weighted by Gasteiger charge is -2.07. The van der Waals surface area contributed by atoms with Gasteiger partial charge in [0, 0.05) is 6.54 Å². The van der Waals surface area contributed by atoms with Gasteiger partial charge in [0.15, 0.2) is 0 Å². The highest BCUT2D eigenvalue weighted by Crippen LogP contribution is 2.21. The highest BCUT2D eigenvalue weighted by atomic mass is 16.1. The molecule has 2 aromatic rings. The van der Waals surface area contributed by atoms with E-state index in [-0.39, 0.29) is 0 Å². The first kappa shape index (κ1) is 25.1. The second kappa shape index (κ2) is 17.5. The number of carbonyl (C=O) groups is 1. The van der Waals surface area contributed by atoms with Crippen molar-refractivity contribution in [1.29, 1.82) is 0 Å². The zero-order valence-electron chi connectivity index (χ0n) is 17.9. The molecule has 150 valence electrons. The molecule has 0 saturated carbocycles. The van der Waals surface area contributed by atoms with Crippen molar-refractivity contribution in [2.75, 3.05) is 6.54 Å². The van der Waals surface area contributed by atoms with Gasteiger partial charge in [-0.2, -0.15) is 0 Å². The molecule has 0 amide bonds. The van der Waals surface area contributed by atoms with Gasteiger partial charge in [0.2, 0.25) is 0 Å². The molecule has 0 radical (unpaired) electrons. The van der Waals surface area contributed by atoms with Crippen molar-refractivity contribution in [3.8, 4) is 11.1 Å². The topological polar surface area (TPSA) is 29.1 Å². The Balaban J connectivity index is 0.00000158. The maximum atomic E-state index is 8.00. The van der Waals surface area contributed by atoms with Crippen LogP contribution < -0.4 is 5.32 Å². The average molecular weight is 370 g/mol. The fourth-order valence-corrected chi connectivity index (χ4v) is 2.79. The largest absolute Gasteiger partial charge is 0.313 e. The van der Waals surface area contributed by atoms with E-state index < -0.39 is 0 Å². The highest BCUT2D eigenvalue weighted by molar-refractivity contribution is 5.63. The van der Waals surface area contributed by atoms with Gasteiger partial charge in [-0.05, 0) is 48.1 Å². The van der Waals surface area contributed by atoms with Crippen molar-refractivity contribution >= 4 is 6.79 Å². The van der Waals surface area contributed by atoms with E-state index in [9.17, 15) is 0 Å². The Labute approximate surface area is 167 Å². The van der Waals surface area contributed by atoms with Gasteiger partial charge in [0.25, 0.3) is 0 Å². The van der Waals surface area contributed by atoms with Crippen LogP contribution in [0.15, 0.2) is 48.5 Å². The smallest absolute Gasteiger partial charge is 0.106 e. The number of nitrogens with one attached hydrogen (secondary N) is 1. The second-order valence-corrected chi connectivity index (χ2v) is 6.38.